The maximum atomic E-state index is 12.4. The summed E-state index contributed by atoms with van der Waals surface area (Å²) >= 11 is 0. The number of hydrogen-bond acceptors (Lipinski definition) is 2. The lowest BCUT2D eigenvalue weighted by Crippen LogP contribution is -2.39. The van der Waals surface area contributed by atoms with Gasteiger partial charge >= 0.3 is 6.18 Å². The van der Waals surface area contributed by atoms with Crippen molar-refractivity contribution >= 4 is 11.6 Å². The SMILES string of the molecule is O=C(Nc1ccc(CCC(F)(F)F)cc1)C1CC2CCCCC2N1. The van der Waals surface area contributed by atoms with E-state index in [0.29, 0.717) is 23.2 Å². The van der Waals surface area contributed by atoms with E-state index in [1.807, 2.05) is 0 Å². The number of nitrogens with one attached hydrogen (secondary N) is 2. The molecule has 3 nitrogen and oxygen atoms in total. The molecule has 2 aliphatic rings. The van der Waals surface area contributed by atoms with Crippen LogP contribution in [0.2, 0.25) is 0 Å². The molecule has 1 aliphatic heterocycles. The van der Waals surface area contributed by atoms with Crippen molar-refractivity contribution in [3.8, 4) is 0 Å². The van der Waals surface area contributed by atoms with Crippen LogP contribution in [-0.2, 0) is 11.2 Å². The molecule has 1 amide bonds. The first kappa shape index (κ1) is 17.3. The normalized spacial score (nSPS) is 26.9. The van der Waals surface area contributed by atoms with Crippen molar-refractivity contribution in [1.29, 1.82) is 0 Å². The zero-order chi connectivity index (χ0) is 17.2. The first-order valence-electron chi connectivity index (χ1n) is 8.63. The highest BCUT2D eigenvalue weighted by molar-refractivity contribution is 5.95. The number of hydrogen-bond donors (Lipinski definition) is 2. The first-order valence-corrected chi connectivity index (χ1v) is 8.63. The number of aryl methyl sites for hydroxylation is 1. The lowest BCUT2D eigenvalue weighted by molar-refractivity contribution is -0.134. The number of halogens is 3. The van der Waals surface area contributed by atoms with Gasteiger partial charge in [-0.2, -0.15) is 13.2 Å². The molecule has 0 spiro atoms. The fourth-order valence-corrected chi connectivity index (χ4v) is 3.79. The minimum absolute atomic E-state index is 0.0364. The topological polar surface area (TPSA) is 41.1 Å². The molecule has 1 aliphatic carbocycles. The Kier molecular flexibility index (Phi) is 5.13. The van der Waals surface area contributed by atoms with Crippen molar-refractivity contribution in [1.82, 2.24) is 5.32 Å². The molecular weight excluding hydrogens is 317 g/mol. The lowest BCUT2D eigenvalue weighted by atomic mass is 9.85. The summed E-state index contributed by atoms with van der Waals surface area (Å²) in [5.41, 5.74) is 1.25. The van der Waals surface area contributed by atoms with Gasteiger partial charge in [0.25, 0.3) is 0 Å². The minimum Gasteiger partial charge on any atom is -0.325 e. The summed E-state index contributed by atoms with van der Waals surface area (Å²) in [6, 6.07) is 6.92. The van der Waals surface area contributed by atoms with Crippen LogP contribution in [0.25, 0.3) is 0 Å². The number of benzene rings is 1. The van der Waals surface area contributed by atoms with Gasteiger partial charge in [-0.3, -0.25) is 4.79 Å². The number of alkyl halides is 3. The summed E-state index contributed by atoms with van der Waals surface area (Å²) < 4.78 is 36.7. The van der Waals surface area contributed by atoms with E-state index in [2.05, 4.69) is 10.6 Å². The molecule has 0 radical (unpaired) electrons. The lowest BCUT2D eigenvalue weighted by Gasteiger charge is -2.24. The molecule has 1 saturated carbocycles. The molecule has 3 unspecified atom stereocenters. The Hall–Kier alpha value is -1.56. The van der Waals surface area contributed by atoms with Crippen LogP contribution in [0.15, 0.2) is 24.3 Å². The van der Waals surface area contributed by atoms with Crippen LogP contribution < -0.4 is 10.6 Å². The van der Waals surface area contributed by atoms with Crippen molar-refractivity contribution < 1.29 is 18.0 Å². The molecule has 2 N–H and O–H groups in total. The highest BCUT2D eigenvalue weighted by Crippen LogP contribution is 2.33. The number of fused-ring (bicyclic) bond motifs is 1. The fraction of sp³-hybridized carbons (Fsp3) is 0.611. The molecule has 0 aromatic heterocycles. The van der Waals surface area contributed by atoms with Crippen molar-refractivity contribution in [2.75, 3.05) is 5.32 Å². The molecule has 24 heavy (non-hydrogen) atoms. The molecule has 3 atom stereocenters. The summed E-state index contributed by atoms with van der Waals surface area (Å²) in [7, 11) is 0. The Morgan fingerprint density at radius 1 is 1.17 bits per heavy atom. The summed E-state index contributed by atoms with van der Waals surface area (Å²) in [6.45, 7) is 0. The summed E-state index contributed by atoms with van der Waals surface area (Å²) in [5, 5.41) is 6.29. The molecule has 0 bridgehead atoms. The zero-order valence-corrected chi connectivity index (χ0v) is 13.5. The first-order chi connectivity index (χ1) is 11.4. The van der Waals surface area contributed by atoms with Crippen molar-refractivity contribution in [2.45, 2.75) is 63.2 Å². The van der Waals surface area contributed by atoms with Crippen LogP contribution in [0.1, 0.15) is 44.1 Å². The molecule has 132 valence electrons. The minimum atomic E-state index is -4.14. The van der Waals surface area contributed by atoms with E-state index in [1.165, 1.54) is 19.3 Å². The third kappa shape index (κ3) is 4.50. The van der Waals surface area contributed by atoms with Crippen molar-refractivity contribution in [2.24, 2.45) is 5.92 Å². The van der Waals surface area contributed by atoms with Crippen LogP contribution in [0.4, 0.5) is 18.9 Å². The van der Waals surface area contributed by atoms with E-state index in [-0.39, 0.29) is 18.4 Å². The predicted molar refractivity (Wildman–Crippen MR) is 86.7 cm³/mol. The van der Waals surface area contributed by atoms with E-state index in [4.69, 9.17) is 0 Å². The van der Waals surface area contributed by atoms with Gasteiger partial charge in [-0.15, -0.1) is 0 Å². The van der Waals surface area contributed by atoms with E-state index in [9.17, 15) is 18.0 Å². The standard InChI is InChI=1S/C18H23F3N2O/c19-18(20,21)10-9-12-5-7-14(8-6-12)22-17(24)16-11-13-3-1-2-4-15(13)23-16/h5-8,13,15-16,23H,1-4,9-11H2,(H,22,24). The van der Waals surface area contributed by atoms with E-state index in [1.54, 1.807) is 24.3 Å². The van der Waals surface area contributed by atoms with Crippen LogP contribution >= 0.6 is 0 Å². The van der Waals surface area contributed by atoms with Crippen molar-refractivity contribution in [3.05, 3.63) is 29.8 Å². The van der Waals surface area contributed by atoms with E-state index >= 15 is 0 Å². The van der Waals surface area contributed by atoms with Gasteiger partial charge in [0.15, 0.2) is 0 Å². The Labute approximate surface area is 140 Å². The van der Waals surface area contributed by atoms with Crippen LogP contribution in [0.5, 0.6) is 0 Å². The maximum absolute atomic E-state index is 12.4. The monoisotopic (exact) mass is 340 g/mol. The summed E-state index contributed by atoms with van der Waals surface area (Å²) in [5.74, 6) is 0.548. The highest BCUT2D eigenvalue weighted by Gasteiger charge is 2.38. The maximum Gasteiger partial charge on any atom is 0.389 e. The van der Waals surface area contributed by atoms with Gasteiger partial charge in [0, 0.05) is 18.2 Å². The molecule has 1 heterocycles. The van der Waals surface area contributed by atoms with E-state index < -0.39 is 12.6 Å². The largest absolute Gasteiger partial charge is 0.389 e. The molecule has 3 rings (SSSR count). The Morgan fingerprint density at radius 2 is 1.88 bits per heavy atom. The molecule has 2 fully saturated rings. The van der Waals surface area contributed by atoms with Gasteiger partial charge in [0.1, 0.15) is 0 Å². The second kappa shape index (κ2) is 7.13. The highest BCUT2D eigenvalue weighted by atomic mass is 19.4. The van der Waals surface area contributed by atoms with Gasteiger partial charge in [-0.25, -0.2) is 0 Å². The van der Waals surface area contributed by atoms with Crippen LogP contribution in [-0.4, -0.2) is 24.2 Å². The zero-order valence-electron chi connectivity index (χ0n) is 13.5. The van der Waals surface area contributed by atoms with Gasteiger partial charge in [-0.1, -0.05) is 25.0 Å². The predicted octanol–water partition coefficient (Wildman–Crippen LogP) is 4.04. The van der Waals surface area contributed by atoms with Gasteiger partial charge < -0.3 is 10.6 Å². The smallest absolute Gasteiger partial charge is 0.325 e. The quantitative estimate of drug-likeness (QED) is 0.868. The molecule has 1 saturated heterocycles. The second-order valence-electron chi connectivity index (χ2n) is 6.91. The molecule has 1 aromatic rings. The average molecular weight is 340 g/mol. The molecular formula is C18H23F3N2O. The van der Waals surface area contributed by atoms with Gasteiger partial charge in [0.2, 0.25) is 5.91 Å². The number of carbonyl (C=O) groups is 1. The van der Waals surface area contributed by atoms with Crippen LogP contribution in [0, 0.1) is 5.92 Å². The number of rotatable bonds is 4. The second-order valence-corrected chi connectivity index (χ2v) is 6.91. The number of carbonyl (C=O) groups excluding carboxylic acids is 1. The average Bonchev–Trinajstić information content (AvgIpc) is 2.98. The summed E-state index contributed by atoms with van der Waals surface area (Å²) in [4.78, 5) is 12.4. The van der Waals surface area contributed by atoms with Crippen molar-refractivity contribution in [3.63, 3.8) is 0 Å². The van der Waals surface area contributed by atoms with Gasteiger partial charge in [-0.05, 0) is 49.3 Å². The Morgan fingerprint density at radius 3 is 2.54 bits per heavy atom. The Balaban J connectivity index is 1.51. The third-order valence-electron chi connectivity index (χ3n) is 5.10. The molecule has 6 heteroatoms. The third-order valence-corrected chi connectivity index (χ3v) is 5.10. The van der Waals surface area contributed by atoms with Gasteiger partial charge in [0.05, 0.1) is 6.04 Å². The van der Waals surface area contributed by atoms with E-state index in [0.717, 1.165) is 12.8 Å². The number of anilines is 1. The fourth-order valence-electron chi connectivity index (χ4n) is 3.79. The number of amides is 1. The van der Waals surface area contributed by atoms with Crippen LogP contribution in [0.3, 0.4) is 0 Å². The summed E-state index contributed by atoms with van der Waals surface area (Å²) in [6.07, 6.45) is 0.673. The Bertz CT molecular complexity index is 557. The molecule has 1 aromatic carbocycles.